The topological polar surface area (TPSA) is 64.9 Å². The van der Waals surface area contributed by atoms with Gasteiger partial charge in [0.1, 0.15) is 0 Å². The van der Waals surface area contributed by atoms with Gasteiger partial charge in [0.2, 0.25) is 5.91 Å². The molecule has 4 nitrogen and oxygen atoms in total. The molecule has 1 aromatic carbocycles. The lowest BCUT2D eigenvalue weighted by Gasteiger charge is -2.16. The van der Waals surface area contributed by atoms with E-state index in [1.807, 2.05) is 38.1 Å². The summed E-state index contributed by atoms with van der Waals surface area (Å²) < 4.78 is 0. The summed E-state index contributed by atoms with van der Waals surface area (Å²) in [6, 6.07) is 9.72. The third-order valence-electron chi connectivity index (χ3n) is 3.59. The molecule has 0 spiro atoms. The number of hydrogen-bond acceptors (Lipinski definition) is 3. The van der Waals surface area contributed by atoms with Crippen LogP contribution in [0.3, 0.4) is 0 Å². The fraction of sp³-hybridized carbons (Fsp3) is 0.500. The van der Waals surface area contributed by atoms with Gasteiger partial charge in [-0.25, -0.2) is 0 Å². The van der Waals surface area contributed by atoms with Gasteiger partial charge in [0.05, 0.1) is 18.0 Å². The molecule has 1 amide bonds. The SMILES string of the molecule is CC(C)(C#N)c1ccc(NC(=O)CNCC2CC2)cc1. The van der Waals surface area contributed by atoms with Crippen molar-refractivity contribution in [3.63, 3.8) is 0 Å². The van der Waals surface area contributed by atoms with Crippen LogP contribution in [0.4, 0.5) is 5.69 Å². The Morgan fingerprint density at radius 3 is 2.55 bits per heavy atom. The summed E-state index contributed by atoms with van der Waals surface area (Å²) in [5.74, 6) is 0.744. The van der Waals surface area contributed by atoms with Gasteiger partial charge in [0.25, 0.3) is 0 Å². The number of nitriles is 1. The van der Waals surface area contributed by atoms with Crippen LogP contribution in [-0.4, -0.2) is 19.0 Å². The van der Waals surface area contributed by atoms with Gasteiger partial charge in [-0.2, -0.15) is 5.26 Å². The van der Waals surface area contributed by atoms with Crippen molar-refractivity contribution in [3.8, 4) is 6.07 Å². The Morgan fingerprint density at radius 1 is 1.35 bits per heavy atom. The minimum absolute atomic E-state index is 0.0297. The molecule has 1 aliphatic carbocycles. The first-order chi connectivity index (χ1) is 9.51. The van der Waals surface area contributed by atoms with Crippen LogP contribution in [0.1, 0.15) is 32.3 Å². The summed E-state index contributed by atoms with van der Waals surface area (Å²) in [5.41, 5.74) is 1.21. The Bertz CT molecular complexity index is 510. The molecule has 0 saturated heterocycles. The maximum Gasteiger partial charge on any atom is 0.238 e. The van der Waals surface area contributed by atoms with Crippen LogP contribution in [0, 0.1) is 17.2 Å². The van der Waals surface area contributed by atoms with Crippen LogP contribution >= 0.6 is 0 Å². The molecule has 0 bridgehead atoms. The molecule has 4 heteroatoms. The Morgan fingerprint density at radius 2 is 2.00 bits per heavy atom. The zero-order valence-electron chi connectivity index (χ0n) is 12.1. The lowest BCUT2D eigenvalue weighted by atomic mass is 9.86. The van der Waals surface area contributed by atoms with Crippen molar-refractivity contribution in [1.29, 1.82) is 5.26 Å². The Balaban J connectivity index is 1.83. The highest BCUT2D eigenvalue weighted by Crippen LogP contribution is 2.27. The van der Waals surface area contributed by atoms with Crippen molar-refractivity contribution in [2.45, 2.75) is 32.1 Å². The molecule has 0 aliphatic heterocycles. The maximum atomic E-state index is 11.7. The highest BCUT2D eigenvalue weighted by Gasteiger charge is 2.21. The molecule has 20 heavy (non-hydrogen) atoms. The fourth-order valence-corrected chi connectivity index (χ4v) is 1.95. The second kappa shape index (κ2) is 6.06. The van der Waals surface area contributed by atoms with Crippen LogP contribution in [0.15, 0.2) is 24.3 Å². The molecule has 0 aromatic heterocycles. The highest BCUT2D eigenvalue weighted by molar-refractivity contribution is 5.92. The molecule has 1 saturated carbocycles. The first kappa shape index (κ1) is 14.5. The zero-order valence-corrected chi connectivity index (χ0v) is 12.1. The summed E-state index contributed by atoms with van der Waals surface area (Å²) >= 11 is 0. The van der Waals surface area contributed by atoms with Crippen molar-refractivity contribution in [1.82, 2.24) is 5.32 Å². The van der Waals surface area contributed by atoms with Gasteiger partial charge in [-0.05, 0) is 56.8 Å². The molecule has 1 aromatic rings. The van der Waals surface area contributed by atoms with Gasteiger partial charge >= 0.3 is 0 Å². The normalized spacial score (nSPS) is 14.7. The summed E-state index contributed by atoms with van der Waals surface area (Å²) in [7, 11) is 0. The van der Waals surface area contributed by atoms with E-state index in [0.717, 1.165) is 23.7 Å². The van der Waals surface area contributed by atoms with Crippen LogP contribution in [0.25, 0.3) is 0 Å². The first-order valence-corrected chi connectivity index (χ1v) is 7.03. The van der Waals surface area contributed by atoms with E-state index in [9.17, 15) is 4.79 Å². The number of anilines is 1. The average molecular weight is 271 g/mol. The molecule has 0 unspecified atom stereocenters. The summed E-state index contributed by atoms with van der Waals surface area (Å²) in [6.07, 6.45) is 2.56. The Hall–Kier alpha value is -1.86. The van der Waals surface area contributed by atoms with E-state index in [0.29, 0.717) is 6.54 Å². The predicted molar refractivity (Wildman–Crippen MR) is 79.3 cm³/mol. The molecule has 2 rings (SSSR count). The van der Waals surface area contributed by atoms with Crippen molar-refractivity contribution < 1.29 is 4.79 Å². The molecule has 106 valence electrons. The zero-order chi connectivity index (χ0) is 14.6. The lowest BCUT2D eigenvalue weighted by Crippen LogP contribution is -2.29. The molecular formula is C16H21N3O. The number of rotatable bonds is 6. The minimum atomic E-state index is -0.506. The van der Waals surface area contributed by atoms with E-state index >= 15 is 0 Å². The van der Waals surface area contributed by atoms with Crippen LogP contribution in [0.5, 0.6) is 0 Å². The van der Waals surface area contributed by atoms with Crippen LogP contribution in [0.2, 0.25) is 0 Å². The van der Waals surface area contributed by atoms with E-state index in [2.05, 4.69) is 16.7 Å². The number of nitrogens with zero attached hydrogens (tertiary/aromatic N) is 1. The van der Waals surface area contributed by atoms with Crippen molar-refractivity contribution in [2.24, 2.45) is 5.92 Å². The maximum absolute atomic E-state index is 11.7. The van der Waals surface area contributed by atoms with Crippen molar-refractivity contribution in [3.05, 3.63) is 29.8 Å². The van der Waals surface area contributed by atoms with Gasteiger partial charge in [0.15, 0.2) is 0 Å². The summed E-state index contributed by atoms with van der Waals surface area (Å²) in [5, 5.41) is 15.1. The number of amides is 1. The van der Waals surface area contributed by atoms with Crippen LogP contribution in [-0.2, 0) is 10.2 Å². The number of benzene rings is 1. The minimum Gasteiger partial charge on any atom is -0.325 e. The van der Waals surface area contributed by atoms with Gasteiger partial charge < -0.3 is 10.6 Å². The summed E-state index contributed by atoms with van der Waals surface area (Å²) in [6.45, 7) is 5.04. The predicted octanol–water partition coefficient (Wildman–Crippen LogP) is 2.43. The third-order valence-corrected chi connectivity index (χ3v) is 3.59. The van der Waals surface area contributed by atoms with Gasteiger partial charge in [-0.15, -0.1) is 0 Å². The third kappa shape index (κ3) is 4.07. The van der Waals surface area contributed by atoms with Crippen molar-refractivity contribution >= 4 is 11.6 Å². The largest absolute Gasteiger partial charge is 0.325 e. The second-order valence-corrected chi connectivity index (χ2v) is 5.94. The standard InChI is InChI=1S/C16H21N3O/c1-16(2,11-17)13-5-7-14(8-6-13)19-15(20)10-18-9-12-3-4-12/h5-8,12,18H,3-4,9-10H2,1-2H3,(H,19,20). The molecule has 1 fully saturated rings. The van der Waals surface area contributed by atoms with Crippen LogP contribution < -0.4 is 10.6 Å². The molecule has 1 aliphatic rings. The number of carbonyl (C=O) groups excluding carboxylic acids is 1. The number of nitrogens with one attached hydrogen (secondary N) is 2. The quantitative estimate of drug-likeness (QED) is 0.835. The van der Waals surface area contributed by atoms with E-state index < -0.39 is 5.41 Å². The van der Waals surface area contributed by atoms with E-state index in [1.165, 1.54) is 12.8 Å². The van der Waals surface area contributed by atoms with E-state index in [1.54, 1.807) is 0 Å². The number of carbonyl (C=O) groups is 1. The first-order valence-electron chi connectivity index (χ1n) is 7.03. The van der Waals surface area contributed by atoms with E-state index in [4.69, 9.17) is 5.26 Å². The Labute approximate surface area is 120 Å². The summed E-state index contributed by atoms with van der Waals surface area (Å²) in [4.78, 5) is 11.7. The monoisotopic (exact) mass is 271 g/mol. The van der Waals surface area contributed by atoms with Gasteiger partial charge in [0, 0.05) is 5.69 Å². The Kier molecular flexibility index (Phi) is 4.41. The molecule has 0 radical (unpaired) electrons. The molecular weight excluding hydrogens is 250 g/mol. The van der Waals surface area contributed by atoms with Gasteiger partial charge in [-0.3, -0.25) is 4.79 Å². The molecule has 0 heterocycles. The fourth-order valence-electron chi connectivity index (χ4n) is 1.95. The second-order valence-electron chi connectivity index (χ2n) is 5.94. The number of hydrogen-bond donors (Lipinski definition) is 2. The van der Waals surface area contributed by atoms with Gasteiger partial charge in [-0.1, -0.05) is 12.1 Å². The smallest absolute Gasteiger partial charge is 0.238 e. The lowest BCUT2D eigenvalue weighted by molar-refractivity contribution is -0.115. The highest BCUT2D eigenvalue weighted by atomic mass is 16.1. The van der Waals surface area contributed by atoms with Crippen molar-refractivity contribution in [2.75, 3.05) is 18.4 Å². The van der Waals surface area contributed by atoms with E-state index in [-0.39, 0.29) is 5.91 Å². The molecule has 0 atom stereocenters. The molecule has 2 N–H and O–H groups in total. The average Bonchev–Trinajstić information content (AvgIpc) is 3.23.